The van der Waals surface area contributed by atoms with Gasteiger partial charge in [0, 0.05) is 30.2 Å². The third-order valence-corrected chi connectivity index (χ3v) is 6.71. The Balaban J connectivity index is 1.46. The van der Waals surface area contributed by atoms with Gasteiger partial charge in [-0.3, -0.25) is 9.69 Å². The lowest BCUT2D eigenvalue weighted by atomic mass is 10.2. The SMILES string of the molecule is CC(=O)NCC#Cc1nc(CN2CCC[C@H]2c2ncc3n2CCCCC3)sc1C. The second-order valence-electron chi connectivity index (χ2n) is 7.92. The molecule has 29 heavy (non-hydrogen) atoms. The van der Waals surface area contributed by atoms with Gasteiger partial charge in [-0.15, -0.1) is 11.3 Å². The van der Waals surface area contributed by atoms with Crippen LogP contribution in [0.15, 0.2) is 6.20 Å². The molecule has 1 atom stereocenters. The normalized spacial score (nSPS) is 19.3. The number of carbonyl (C=O) groups excluding carboxylic acids is 1. The molecule has 0 aliphatic carbocycles. The molecule has 2 aromatic rings. The van der Waals surface area contributed by atoms with Crippen LogP contribution >= 0.6 is 11.3 Å². The van der Waals surface area contributed by atoms with E-state index in [4.69, 9.17) is 9.97 Å². The van der Waals surface area contributed by atoms with Gasteiger partial charge in [-0.25, -0.2) is 9.97 Å². The molecule has 7 heteroatoms. The minimum atomic E-state index is -0.0630. The van der Waals surface area contributed by atoms with E-state index in [1.165, 1.54) is 50.5 Å². The lowest BCUT2D eigenvalue weighted by molar-refractivity contribution is -0.118. The first-order chi connectivity index (χ1) is 14.1. The van der Waals surface area contributed by atoms with Gasteiger partial charge < -0.3 is 9.88 Å². The van der Waals surface area contributed by atoms with Crippen molar-refractivity contribution in [1.82, 2.24) is 24.8 Å². The number of carbonyl (C=O) groups is 1. The highest BCUT2D eigenvalue weighted by Gasteiger charge is 2.31. The van der Waals surface area contributed by atoms with Crippen LogP contribution in [-0.2, 0) is 24.3 Å². The van der Waals surface area contributed by atoms with Gasteiger partial charge in [0.1, 0.15) is 16.5 Å². The first kappa shape index (κ1) is 20.1. The van der Waals surface area contributed by atoms with Crippen LogP contribution < -0.4 is 5.32 Å². The van der Waals surface area contributed by atoms with Gasteiger partial charge in [0.15, 0.2) is 0 Å². The standard InChI is InChI=1S/C22H29N5OS/c1-16-19(9-6-11-23-17(2)28)25-21(29-16)15-26-12-7-10-20(26)22-24-14-18-8-4-3-5-13-27(18)22/h14,20H,3-5,7-8,10-13,15H2,1-2H3,(H,23,28)/t20-/m0/s1. The fraction of sp³-hybridized carbons (Fsp3) is 0.591. The van der Waals surface area contributed by atoms with Crippen LogP contribution in [0.5, 0.6) is 0 Å². The number of fused-ring (bicyclic) bond motifs is 1. The maximum Gasteiger partial charge on any atom is 0.217 e. The summed E-state index contributed by atoms with van der Waals surface area (Å²) in [5.74, 6) is 7.28. The van der Waals surface area contributed by atoms with Crippen molar-refractivity contribution >= 4 is 17.2 Å². The fourth-order valence-corrected chi connectivity index (χ4v) is 5.23. The number of aryl methyl sites for hydroxylation is 2. The average molecular weight is 412 g/mol. The van der Waals surface area contributed by atoms with Gasteiger partial charge in [-0.2, -0.15) is 0 Å². The summed E-state index contributed by atoms with van der Waals surface area (Å²) < 4.78 is 2.49. The molecule has 1 fully saturated rings. The molecule has 0 spiro atoms. The molecule has 0 radical (unpaired) electrons. The molecule has 1 N–H and O–H groups in total. The number of nitrogens with zero attached hydrogens (tertiary/aromatic N) is 4. The summed E-state index contributed by atoms with van der Waals surface area (Å²) >= 11 is 1.73. The number of imidazole rings is 1. The van der Waals surface area contributed by atoms with E-state index >= 15 is 0 Å². The summed E-state index contributed by atoms with van der Waals surface area (Å²) in [6, 6.07) is 0.389. The largest absolute Gasteiger partial charge is 0.345 e. The Morgan fingerprint density at radius 1 is 1.31 bits per heavy atom. The molecule has 1 amide bonds. The fourth-order valence-electron chi connectivity index (χ4n) is 4.32. The van der Waals surface area contributed by atoms with Crippen LogP contribution in [-0.4, -0.2) is 38.4 Å². The Labute approximate surface area is 176 Å². The Morgan fingerprint density at radius 3 is 3.07 bits per heavy atom. The summed E-state index contributed by atoms with van der Waals surface area (Å²) in [5.41, 5.74) is 2.24. The Hall–Kier alpha value is -2.17. The van der Waals surface area contributed by atoms with Crippen LogP contribution in [0.1, 0.15) is 72.2 Å². The molecule has 2 aromatic heterocycles. The molecule has 6 nitrogen and oxygen atoms in total. The van der Waals surface area contributed by atoms with E-state index in [9.17, 15) is 4.79 Å². The van der Waals surface area contributed by atoms with E-state index in [0.717, 1.165) is 41.6 Å². The Kier molecular flexibility index (Phi) is 6.31. The van der Waals surface area contributed by atoms with Gasteiger partial charge >= 0.3 is 0 Å². The summed E-state index contributed by atoms with van der Waals surface area (Å²) in [5, 5.41) is 3.81. The highest BCUT2D eigenvalue weighted by Crippen LogP contribution is 2.34. The summed E-state index contributed by atoms with van der Waals surface area (Å²) in [7, 11) is 0. The van der Waals surface area contributed by atoms with Crippen LogP contribution in [0.25, 0.3) is 0 Å². The van der Waals surface area contributed by atoms with Gasteiger partial charge in [0.2, 0.25) is 5.91 Å². The minimum absolute atomic E-state index is 0.0630. The van der Waals surface area contributed by atoms with E-state index in [1.54, 1.807) is 11.3 Å². The van der Waals surface area contributed by atoms with E-state index < -0.39 is 0 Å². The molecule has 0 saturated carbocycles. The molecule has 2 aliphatic heterocycles. The second kappa shape index (κ2) is 9.10. The molecular formula is C22H29N5OS. The van der Waals surface area contributed by atoms with E-state index in [0.29, 0.717) is 12.6 Å². The summed E-state index contributed by atoms with van der Waals surface area (Å²) in [6.07, 6.45) is 9.50. The lowest BCUT2D eigenvalue weighted by Gasteiger charge is -2.24. The molecule has 0 aromatic carbocycles. The lowest BCUT2D eigenvalue weighted by Crippen LogP contribution is -2.25. The van der Waals surface area contributed by atoms with E-state index in [2.05, 4.69) is 39.7 Å². The van der Waals surface area contributed by atoms with Crippen LogP contribution in [0.4, 0.5) is 0 Å². The van der Waals surface area contributed by atoms with Crippen molar-refractivity contribution in [1.29, 1.82) is 0 Å². The maximum atomic E-state index is 11.0. The first-order valence-corrected chi connectivity index (χ1v) is 11.4. The van der Waals surface area contributed by atoms with Crippen molar-refractivity contribution in [3.63, 3.8) is 0 Å². The quantitative estimate of drug-likeness (QED) is 0.785. The van der Waals surface area contributed by atoms with E-state index in [1.807, 2.05) is 0 Å². The van der Waals surface area contributed by atoms with Crippen molar-refractivity contribution < 1.29 is 4.79 Å². The average Bonchev–Trinajstić information content (AvgIpc) is 3.34. The Morgan fingerprint density at radius 2 is 2.21 bits per heavy atom. The van der Waals surface area contributed by atoms with Gasteiger partial charge in [0.05, 0.1) is 19.1 Å². The molecule has 154 valence electrons. The number of likely N-dealkylation sites (tertiary alicyclic amines) is 1. The zero-order valence-corrected chi connectivity index (χ0v) is 18.1. The summed E-state index contributed by atoms with van der Waals surface area (Å²) in [4.78, 5) is 24.2. The van der Waals surface area contributed by atoms with E-state index in [-0.39, 0.29) is 5.91 Å². The first-order valence-electron chi connectivity index (χ1n) is 10.6. The third-order valence-electron chi connectivity index (χ3n) is 5.76. The summed E-state index contributed by atoms with van der Waals surface area (Å²) in [6.45, 7) is 6.99. The van der Waals surface area contributed by atoms with Gasteiger partial charge in [-0.05, 0) is 51.5 Å². The van der Waals surface area contributed by atoms with Gasteiger partial charge in [-0.1, -0.05) is 12.3 Å². The minimum Gasteiger partial charge on any atom is -0.345 e. The van der Waals surface area contributed by atoms with Crippen molar-refractivity contribution in [3.8, 4) is 11.8 Å². The van der Waals surface area contributed by atoms with Crippen molar-refractivity contribution in [3.05, 3.63) is 33.3 Å². The zero-order valence-electron chi connectivity index (χ0n) is 17.3. The van der Waals surface area contributed by atoms with Crippen LogP contribution in [0.3, 0.4) is 0 Å². The van der Waals surface area contributed by atoms with Gasteiger partial charge in [0.25, 0.3) is 0 Å². The van der Waals surface area contributed by atoms with Crippen LogP contribution in [0, 0.1) is 18.8 Å². The predicted molar refractivity (Wildman–Crippen MR) is 115 cm³/mol. The highest BCUT2D eigenvalue weighted by molar-refractivity contribution is 7.11. The van der Waals surface area contributed by atoms with Crippen LogP contribution in [0.2, 0.25) is 0 Å². The molecule has 0 unspecified atom stereocenters. The molecule has 2 aliphatic rings. The number of amides is 1. The van der Waals surface area contributed by atoms with Crippen molar-refractivity contribution in [2.45, 2.75) is 71.5 Å². The number of hydrogen-bond acceptors (Lipinski definition) is 5. The molecule has 4 rings (SSSR count). The smallest absolute Gasteiger partial charge is 0.217 e. The number of aromatic nitrogens is 3. The topological polar surface area (TPSA) is 63.1 Å². The monoisotopic (exact) mass is 411 g/mol. The highest BCUT2D eigenvalue weighted by atomic mass is 32.1. The number of nitrogens with one attached hydrogen (secondary N) is 1. The molecule has 4 heterocycles. The van der Waals surface area contributed by atoms with Crippen molar-refractivity contribution in [2.75, 3.05) is 13.1 Å². The molecule has 1 saturated heterocycles. The Bertz CT molecular complexity index is 935. The predicted octanol–water partition coefficient (Wildman–Crippen LogP) is 3.20. The maximum absolute atomic E-state index is 11.0. The second-order valence-corrected chi connectivity index (χ2v) is 9.21. The third kappa shape index (κ3) is 4.71. The molecular weight excluding hydrogens is 382 g/mol. The number of hydrogen-bond donors (Lipinski definition) is 1. The number of thiazole rings is 1. The van der Waals surface area contributed by atoms with Crippen molar-refractivity contribution in [2.24, 2.45) is 0 Å². The number of rotatable bonds is 4. The zero-order chi connectivity index (χ0) is 20.2. The molecule has 0 bridgehead atoms.